The van der Waals surface area contributed by atoms with Crippen LogP contribution in [0.15, 0.2) is 17.2 Å². The summed E-state index contributed by atoms with van der Waals surface area (Å²) >= 11 is 0. The first kappa shape index (κ1) is 15.0. The summed E-state index contributed by atoms with van der Waals surface area (Å²) in [7, 11) is -3.00. The highest BCUT2D eigenvalue weighted by atomic mass is 32.2. The number of hydrogen-bond donors (Lipinski definition) is 1. The molecule has 2 rings (SSSR count). The fraction of sp³-hybridized carbons (Fsp3) is 0.692. The molecule has 1 N–H and O–H groups in total. The van der Waals surface area contributed by atoms with Crippen molar-refractivity contribution in [1.82, 2.24) is 9.55 Å². The van der Waals surface area contributed by atoms with Crippen LogP contribution >= 0.6 is 0 Å². The lowest BCUT2D eigenvalue weighted by Crippen LogP contribution is -2.30. The molecule has 0 radical (unpaired) electrons. The van der Waals surface area contributed by atoms with Crippen molar-refractivity contribution in [1.29, 1.82) is 0 Å². The topological polar surface area (TPSA) is 81.1 Å². The molecule has 1 aromatic heterocycles. The summed E-state index contributed by atoms with van der Waals surface area (Å²) in [4.78, 5) is 16.2. The molecule has 1 fully saturated rings. The number of aromatic nitrogens is 2. The van der Waals surface area contributed by atoms with Gasteiger partial charge in [0.1, 0.15) is 0 Å². The third-order valence-corrected chi connectivity index (χ3v) is 5.71. The van der Waals surface area contributed by atoms with Crippen LogP contribution < -0.4 is 10.9 Å². The molecule has 2 heterocycles. The van der Waals surface area contributed by atoms with Gasteiger partial charge in [0.2, 0.25) is 0 Å². The van der Waals surface area contributed by atoms with Crippen LogP contribution in [0.2, 0.25) is 0 Å². The molecule has 6 nitrogen and oxygen atoms in total. The molecule has 1 aromatic rings. The van der Waals surface area contributed by atoms with E-state index in [2.05, 4.69) is 10.3 Å². The van der Waals surface area contributed by atoms with Gasteiger partial charge in [0.15, 0.2) is 15.7 Å². The fourth-order valence-corrected chi connectivity index (χ4v) is 4.17. The molecule has 1 saturated heterocycles. The summed E-state index contributed by atoms with van der Waals surface area (Å²) in [6.45, 7) is 4.95. The van der Waals surface area contributed by atoms with Crippen LogP contribution in [0.3, 0.4) is 0 Å². The predicted octanol–water partition coefficient (Wildman–Crippen LogP) is 0.888. The standard InChI is InChI=1S/C13H21N3O3S/c1-10(2)9-16-6-5-14-12(13(16)17)15-8-11-4-3-7-20(11,18)19/h5-6,10-11H,3-4,7-9H2,1-2H3,(H,14,15). The Labute approximate surface area is 119 Å². The Balaban J connectivity index is 2.09. The molecule has 0 amide bonds. The summed E-state index contributed by atoms with van der Waals surface area (Å²) in [5.74, 6) is 0.840. The van der Waals surface area contributed by atoms with Gasteiger partial charge in [0.05, 0.1) is 11.0 Å². The molecule has 7 heteroatoms. The SMILES string of the molecule is CC(C)Cn1ccnc(NCC2CCCS2(=O)=O)c1=O. The molecular weight excluding hydrogens is 278 g/mol. The molecule has 1 unspecified atom stereocenters. The second kappa shape index (κ2) is 5.95. The lowest BCUT2D eigenvalue weighted by Gasteiger charge is -2.13. The van der Waals surface area contributed by atoms with Crippen LogP contribution in [0.5, 0.6) is 0 Å². The number of hydrogen-bond acceptors (Lipinski definition) is 5. The molecule has 0 spiro atoms. The minimum Gasteiger partial charge on any atom is -0.364 e. The summed E-state index contributed by atoms with van der Waals surface area (Å²) < 4.78 is 25.1. The van der Waals surface area contributed by atoms with E-state index in [-0.39, 0.29) is 23.7 Å². The predicted molar refractivity (Wildman–Crippen MR) is 78.6 cm³/mol. The highest BCUT2D eigenvalue weighted by Gasteiger charge is 2.31. The van der Waals surface area contributed by atoms with Gasteiger partial charge >= 0.3 is 0 Å². The number of rotatable bonds is 5. The zero-order valence-corrected chi connectivity index (χ0v) is 12.7. The number of anilines is 1. The van der Waals surface area contributed by atoms with Crippen LogP contribution in [-0.2, 0) is 16.4 Å². The van der Waals surface area contributed by atoms with E-state index < -0.39 is 15.1 Å². The first-order valence-corrected chi connectivity index (χ1v) is 8.62. The molecule has 0 bridgehead atoms. The van der Waals surface area contributed by atoms with Crippen molar-refractivity contribution in [2.75, 3.05) is 17.6 Å². The van der Waals surface area contributed by atoms with Gasteiger partial charge in [-0.3, -0.25) is 4.79 Å². The van der Waals surface area contributed by atoms with E-state index in [0.29, 0.717) is 25.3 Å². The first-order chi connectivity index (χ1) is 9.40. The van der Waals surface area contributed by atoms with Crippen molar-refractivity contribution in [3.05, 3.63) is 22.7 Å². The Bertz CT molecular complexity index is 622. The van der Waals surface area contributed by atoms with E-state index in [4.69, 9.17) is 0 Å². The lowest BCUT2D eigenvalue weighted by molar-refractivity contribution is 0.509. The molecule has 0 saturated carbocycles. The van der Waals surface area contributed by atoms with Gasteiger partial charge in [0.25, 0.3) is 5.56 Å². The van der Waals surface area contributed by atoms with Crippen LogP contribution in [0.25, 0.3) is 0 Å². The molecule has 0 aromatic carbocycles. The fourth-order valence-electron chi connectivity index (χ4n) is 2.40. The Hall–Kier alpha value is -1.37. The monoisotopic (exact) mass is 299 g/mol. The molecule has 112 valence electrons. The molecule has 1 aliphatic heterocycles. The van der Waals surface area contributed by atoms with Crippen LogP contribution in [0.4, 0.5) is 5.82 Å². The average Bonchev–Trinajstić information content (AvgIpc) is 2.69. The normalized spacial score (nSPS) is 21.2. The summed E-state index contributed by atoms with van der Waals surface area (Å²) in [5.41, 5.74) is -0.198. The molecule has 20 heavy (non-hydrogen) atoms. The van der Waals surface area contributed by atoms with Gasteiger partial charge in [-0.05, 0) is 18.8 Å². The van der Waals surface area contributed by atoms with Crippen LogP contribution in [0, 0.1) is 5.92 Å². The Kier molecular flexibility index (Phi) is 4.47. The molecule has 0 aliphatic carbocycles. The van der Waals surface area contributed by atoms with Gasteiger partial charge in [-0.25, -0.2) is 13.4 Å². The minimum absolute atomic E-state index is 0.198. The van der Waals surface area contributed by atoms with E-state index in [9.17, 15) is 13.2 Å². The number of nitrogens with one attached hydrogen (secondary N) is 1. The van der Waals surface area contributed by atoms with Gasteiger partial charge in [-0.15, -0.1) is 0 Å². The van der Waals surface area contributed by atoms with E-state index in [1.165, 1.54) is 0 Å². The van der Waals surface area contributed by atoms with E-state index >= 15 is 0 Å². The van der Waals surface area contributed by atoms with Gasteiger partial charge in [0, 0.05) is 25.5 Å². The lowest BCUT2D eigenvalue weighted by atomic mass is 10.2. The maximum absolute atomic E-state index is 12.2. The quantitative estimate of drug-likeness (QED) is 0.873. The van der Waals surface area contributed by atoms with E-state index in [1.54, 1.807) is 17.0 Å². The van der Waals surface area contributed by atoms with Crippen LogP contribution in [-0.4, -0.2) is 35.5 Å². The van der Waals surface area contributed by atoms with Crippen molar-refractivity contribution in [3.8, 4) is 0 Å². The van der Waals surface area contributed by atoms with Gasteiger partial charge < -0.3 is 9.88 Å². The minimum atomic E-state index is -3.00. The second-order valence-corrected chi connectivity index (χ2v) is 8.04. The molecular formula is C13H21N3O3S. The largest absolute Gasteiger partial charge is 0.364 e. The zero-order chi connectivity index (χ0) is 14.8. The first-order valence-electron chi connectivity index (χ1n) is 6.91. The smallest absolute Gasteiger partial charge is 0.293 e. The average molecular weight is 299 g/mol. The van der Waals surface area contributed by atoms with E-state index in [1.807, 2.05) is 13.8 Å². The third-order valence-electron chi connectivity index (χ3n) is 3.44. The maximum atomic E-state index is 12.2. The van der Waals surface area contributed by atoms with Crippen molar-refractivity contribution < 1.29 is 8.42 Å². The summed E-state index contributed by atoms with van der Waals surface area (Å²) in [6, 6.07) is 0. The van der Waals surface area contributed by atoms with Gasteiger partial charge in [-0.2, -0.15) is 0 Å². The Morgan fingerprint density at radius 2 is 2.25 bits per heavy atom. The van der Waals surface area contributed by atoms with Crippen molar-refractivity contribution in [2.24, 2.45) is 5.92 Å². The highest BCUT2D eigenvalue weighted by Crippen LogP contribution is 2.19. The van der Waals surface area contributed by atoms with Crippen LogP contribution in [0.1, 0.15) is 26.7 Å². The Morgan fingerprint density at radius 1 is 1.50 bits per heavy atom. The number of nitrogens with zero attached hydrogens (tertiary/aromatic N) is 2. The van der Waals surface area contributed by atoms with Gasteiger partial charge in [-0.1, -0.05) is 13.8 Å². The molecule has 1 aliphatic rings. The van der Waals surface area contributed by atoms with Crippen molar-refractivity contribution in [2.45, 2.75) is 38.5 Å². The molecule has 1 atom stereocenters. The third kappa shape index (κ3) is 3.39. The van der Waals surface area contributed by atoms with E-state index in [0.717, 1.165) is 0 Å². The zero-order valence-electron chi connectivity index (χ0n) is 11.9. The Morgan fingerprint density at radius 3 is 2.85 bits per heavy atom. The van der Waals surface area contributed by atoms with Crippen molar-refractivity contribution >= 4 is 15.7 Å². The van der Waals surface area contributed by atoms with Crippen molar-refractivity contribution in [3.63, 3.8) is 0 Å². The maximum Gasteiger partial charge on any atom is 0.293 e. The summed E-state index contributed by atoms with van der Waals surface area (Å²) in [5, 5.41) is 2.50. The highest BCUT2D eigenvalue weighted by molar-refractivity contribution is 7.92. The summed E-state index contributed by atoms with van der Waals surface area (Å²) in [6.07, 6.45) is 4.58. The number of sulfone groups is 1. The second-order valence-electron chi connectivity index (χ2n) is 5.64.